The first-order chi connectivity index (χ1) is 14.5. The van der Waals surface area contributed by atoms with Crippen LogP contribution in [0.4, 0.5) is 5.69 Å². The SMILES string of the molecule is COC(=O)C(=CNc1ccc(Oc2cncc(Cl)c2)nc1)NC(=O)c1ccccc1. The summed E-state index contributed by atoms with van der Waals surface area (Å²) in [4.78, 5) is 32.4. The predicted octanol–water partition coefficient (Wildman–Crippen LogP) is 3.78. The van der Waals surface area contributed by atoms with E-state index in [0.29, 0.717) is 27.9 Å². The van der Waals surface area contributed by atoms with E-state index in [1.54, 1.807) is 48.5 Å². The number of halogens is 1. The fourth-order valence-corrected chi connectivity index (χ4v) is 2.45. The van der Waals surface area contributed by atoms with Gasteiger partial charge in [0.05, 0.1) is 30.2 Å². The summed E-state index contributed by atoms with van der Waals surface area (Å²) < 4.78 is 10.3. The van der Waals surface area contributed by atoms with Crippen LogP contribution in [-0.2, 0) is 9.53 Å². The number of hydrogen-bond donors (Lipinski definition) is 2. The van der Waals surface area contributed by atoms with Crippen molar-refractivity contribution in [1.82, 2.24) is 15.3 Å². The van der Waals surface area contributed by atoms with Crippen molar-refractivity contribution in [2.45, 2.75) is 0 Å². The van der Waals surface area contributed by atoms with Gasteiger partial charge in [0, 0.05) is 30.1 Å². The van der Waals surface area contributed by atoms with E-state index in [0.717, 1.165) is 0 Å². The Morgan fingerprint density at radius 3 is 2.53 bits per heavy atom. The normalized spacial score (nSPS) is 10.8. The Kier molecular flexibility index (Phi) is 6.96. The molecule has 1 amide bonds. The quantitative estimate of drug-likeness (QED) is 0.439. The summed E-state index contributed by atoms with van der Waals surface area (Å²) in [5, 5.41) is 5.86. The molecule has 0 fully saturated rings. The number of esters is 1. The molecular weight excluding hydrogens is 408 g/mol. The summed E-state index contributed by atoms with van der Waals surface area (Å²) in [6, 6.07) is 13.4. The molecule has 0 saturated heterocycles. The second kappa shape index (κ2) is 10.0. The van der Waals surface area contributed by atoms with E-state index in [-0.39, 0.29) is 5.70 Å². The average molecular weight is 425 g/mol. The highest BCUT2D eigenvalue weighted by molar-refractivity contribution is 6.30. The van der Waals surface area contributed by atoms with Gasteiger partial charge in [0.1, 0.15) is 11.4 Å². The minimum atomic E-state index is -0.701. The van der Waals surface area contributed by atoms with Gasteiger partial charge in [-0.3, -0.25) is 9.78 Å². The second-order valence-corrected chi connectivity index (χ2v) is 6.28. The standard InChI is InChI=1S/C21H17ClN4O4/c1-29-21(28)18(26-20(27)14-5-3-2-4-6-14)13-24-16-7-8-19(25-11-16)30-17-9-15(22)10-23-12-17/h2-13,24H,1H3,(H,26,27). The minimum absolute atomic E-state index is 0.0586. The van der Waals surface area contributed by atoms with Crippen LogP contribution in [0.5, 0.6) is 11.6 Å². The lowest BCUT2D eigenvalue weighted by Gasteiger charge is -2.09. The van der Waals surface area contributed by atoms with Crippen molar-refractivity contribution in [3.8, 4) is 11.6 Å². The Morgan fingerprint density at radius 2 is 1.87 bits per heavy atom. The number of nitrogens with one attached hydrogen (secondary N) is 2. The third-order valence-electron chi connectivity index (χ3n) is 3.71. The Hall–Kier alpha value is -3.91. The molecule has 9 heteroatoms. The number of rotatable bonds is 7. The van der Waals surface area contributed by atoms with Crippen LogP contribution in [0.25, 0.3) is 0 Å². The van der Waals surface area contributed by atoms with Gasteiger partial charge < -0.3 is 20.1 Å². The summed E-state index contributed by atoms with van der Waals surface area (Å²) in [6.45, 7) is 0. The molecule has 0 aliphatic heterocycles. The summed E-state index contributed by atoms with van der Waals surface area (Å²) >= 11 is 5.87. The van der Waals surface area contributed by atoms with Gasteiger partial charge in [0.25, 0.3) is 5.91 Å². The van der Waals surface area contributed by atoms with Gasteiger partial charge in [-0.2, -0.15) is 0 Å². The molecule has 0 bridgehead atoms. The van der Waals surface area contributed by atoms with Gasteiger partial charge in [-0.15, -0.1) is 0 Å². The Bertz CT molecular complexity index is 1060. The highest BCUT2D eigenvalue weighted by Crippen LogP contribution is 2.22. The second-order valence-electron chi connectivity index (χ2n) is 5.84. The lowest BCUT2D eigenvalue weighted by molar-refractivity contribution is -0.136. The van der Waals surface area contributed by atoms with E-state index in [2.05, 4.69) is 20.6 Å². The van der Waals surface area contributed by atoms with Crippen molar-refractivity contribution in [3.63, 3.8) is 0 Å². The summed E-state index contributed by atoms with van der Waals surface area (Å²) in [5.41, 5.74) is 0.907. The number of nitrogens with zero attached hydrogens (tertiary/aromatic N) is 2. The van der Waals surface area contributed by atoms with Gasteiger partial charge in [-0.05, 0) is 18.2 Å². The number of methoxy groups -OCH3 is 1. The number of aromatic nitrogens is 2. The molecule has 152 valence electrons. The molecule has 8 nitrogen and oxygen atoms in total. The third kappa shape index (κ3) is 5.79. The first-order valence-corrected chi connectivity index (χ1v) is 9.09. The van der Waals surface area contributed by atoms with Crippen LogP contribution >= 0.6 is 11.6 Å². The van der Waals surface area contributed by atoms with Crippen LogP contribution in [0.2, 0.25) is 5.02 Å². The monoisotopic (exact) mass is 424 g/mol. The van der Waals surface area contributed by atoms with Gasteiger partial charge in [0.15, 0.2) is 0 Å². The molecule has 2 N–H and O–H groups in total. The number of benzene rings is 1. The highest BCUT2D eigenvalue weighted by atomic mass is 35.5. The Labute approximate surface area is 177 Å². The van der Waals surface area contributed by atoms with E-state index in [1.165, 1.54) is 31.9 Å². The Balaban J connectivity index is 1.67. The van der Waals surface area contributed by atoms with E-state index in [1.807, 2.05) is 0 Å². The maximum Gasteiger partial charge on any atom is 0.356 e. The zero-order valence-electron chi connectivity index (χ0n) is 15.8. The number of amides is 1. The molecule has 0 aliphatic rings. The predicted molar refractivity (Wildman–Crippen MR) is 111 cm³/mol. The molecule has 0 saturated carbocycles. The maximum absolute atomic E-state index is 12.3. The molecule has 3 aromatic rings. The summed E-state index contributed by atoms with van der Waals surface area (Å²) in [5.74, 6) is -0.356. The van der Waals surface area contributed by atoms with Crippen LogP contribution in [-0.4, -0.2) is 29.0 Å². The fraction of sp³-hybridized carbons (Fsp3) is 0.0476. The van der Waals surface area contributed by atoms with Crippen LogP contribution in [0.15, 0.2) is 79.0 Å². The molecule has 0 radical (unpaired) electrons. The number of ether oxygens (including phenoxy) is 2. The molecule has 3 rings (SSSR count). The van der Waals surface area contributed by atoms with E-state index < -0.39 is 11.9 Å². The van der Waals surface area contributed by atoms with Crippen LogP contribution in [0, 0.1) is 0 Å². The van der Waals surface area contributed by atoms with Crippen molar-refractivity contribution in [2.24, 2.45) is 0 Å². The van der Waals surface area contributed by atoms with Gasteiger partial charge in [0.2, 0.25) is 5.88 Å². The number of carbonyl (C=O) groups is 2. The highest BCUT2D eigenvalue weighted by Gasteiger charge is 2.14. The van der Waals surface area contributed by atoms with Crippen molar-refractivity contribution in [1.29, 1.82) is 0 Å². The first-order valence-electron chi connectivity index (χ1n) is 8.71. The molecule has 0 aliphatic carbocycles. The maximum atomic E-state index is 12.3. The van der Waals surface area contributed by atoms with Gasteiger partial charge in [-0.25, -0.2) is 9.78 Å². The van der Waals surface area contributed by atoms with Crippen LogP contribution in [0.3, 0.4) is 0 Å². The lowest BCUT2D eigenvalue weighted by atomic mass is 10.2. The first kappa shape index (κ1) is 20.8. The van der Waals surface area contributed by atoms with Crippen molar-refractivity contribution < 1.29 is 19.1 Å². The minimum Gasteiger partial charge on any atom is -0.464 e. The summed E-state index contributed by atoms with van der Waals surface area (Å²) in [6.07, 6.45) is 5.83. The molecule has 0 spiro atoms. The van der Waals surface area contributed by atoms with E-state index in [4.69, 9.17) is 21.1 Å². The molecule has 0 unspecified atom stereocenters. The molecule has 0 atom stereocenters. The zero-order valence-corrected chi connectivity index (χ0v) is 16.6. The number of carbonyl (C=O) groups excluding carboxylic acids is 2. The van der Waals surface area contributed by atoms with E-state index in [9.17, 15) is 9.59 Å². The molecule has 30 heavy (non-hydrogen) atoms. The molecule has 1 aromatic carbocycles. The van der Waals surface area contributed by atoms with Crippen molar-refractivity contribution in [3.05, 3.63) is 89.6 Å². The molecular formula is C21H17ClN4O4. The zero-order chi connectivity index (χ0) is 21.3. The average Bonchev–Trinajstić information content (AvgIpc) is 2.77. The fourth-order valence-electron chi connectivity index (χ4n) is 2.29. The van der Waals surface area contributed by atoms with Gasteiger partial charge in [-0.1, -0.05) is 29.8 Å². The van der Waals surface area contributed by atoms with Crippen molar-refractivity contribution in [2.75, 3.05) is 12.4 Å². The van der Waals surface area contributed by atoms with Gasteiger partial charge >= 0.3 is 5.97 Å². The number of hydrogen-bond acceptors (Lipinski definition) is 7. The Morgan fingerprint density at radius 1 is 1.07 bits per heavy atom. The largest absolute Gasteiger partial charge is 0.464 e. The van der Waals surface area contributed by atoms with E-state index >= 15 is 0 Å². The summed E-state index contributed by atoms with van der Waals surface area (Å²) in [7, 11) is 1.23. The van der Waals surface area contributed by atoms with Crippen LogP contribution in [0.1, 0.15) is 10.4 Å². The number of pyridine rings is 2. The van der Waals surface area contributed by atoms with Crippen LogP contribution < -0.4 is 15.4 Å². The van der Waals surface area contributed by atoms with Crippen molar-refractivity contribution >= 4 is 29.2 Å². The number of anilines is 1. The molecule has 2 heterocycles. The molecule has 2 aromatic heterocycles. The smallest absolute Gasteiger partial charge is 0.356 e. The third-order valence-corrected chi connectivity index (χ3v) is 3.92. The lowest BCUT2D eigenvalue weighted by Crippen LogP contribution is -2.28. The topological polar surface area (TPSA) is 102 Å².